The summed E-state index contributed by atoms with van der Waals surface area (Å²) in [5, 5.41) is 2.80. The maximum Gasteiger partial charge on any atom is 0.363 e. The molecule has 4 heteroatoms. The summed E-state index contributed by atoms with van der Waals surface area (Å²) in [7, 11) is 0. The molecule has 0 amide bonds. The Morgan fingerprint density at radius 1 is 0.917 bits per heavy atom. The Labute approximate surface area is 143 Å². The van der Waals surface area contributed by atoms with E-state index in [4.69, 9.17) is 16.3 Å². The average Bonchev–Trinajstić information content (AvgIpc) is 2.97. The molecule has 1 heterocycles. The number of carbonyl (C=O) groups excluding carboxylic acids is 1. The molecule has 0 spiro atoms. The second-order valence-electron chi connectivity index (χ2n) is 5.41. The number of rotatable bonds is 2. The van der Waals surface area contributed by atoms with Crippen molar-refractivity contribution in [2.24, 2.45) is 4.99 Å². The van der Waals surface area contributed by atoms with Gasteiger partial charge in [-0.05, 0) is 46.7 Å². The third-order valence-electron chi connectivity index (χ3n) is 3.83. The number of carbonyl (C=O) groups is 1. The highest BCUT2D eigenvalue weighted by Gasteiger charge is 2.24. The summed E-state index contributed by atoms with van der Waals surface area (Å²) >= 11 is 5.88. The summed E-state index contributed by atoms with van der Waals surface area (Å²) in [5.74, 6) is -0.156. The van der Waals surface area contributed by atoms with E-state index in [2.05, 4.69) is 4.99 Å². The molecule has 0 bridgehead atoms. The van der Waals surface area contributed by atoms with Gasteiger partial charge in [-0.1, -0.05) is 54.1 Å². The zero-order valence-electron chi connectivity index (χ0n) is 12.6. The van der Waals surface area contributed by atoms with Crippen molar-refractivity contribution in [2.45, 2.75) is 0 Å². The fourth-order valence-electron chi connectivity index (χ4n) is 2.65. The van der Waals surface area contributed by atoms with Gasteiger partial charge in [-0.25, -0.2) is 9.79 Å². The van der Waals surface area contributed by atoms with Crippen molar-refractivity contribution in [2.75, 3.05) is 0 Å². The minimum absolute atomic E-state index is 0.288. The van der Waals surface area contributed by atoms with Crippen LogP contribution in [0.15, 0.2) is 77.4 Å². The molecule has 3 nitrogen and oxygen atoms in total. The molecule has 0 N–H and O–H groups in total. The van der Waals surface area contributed by atoms with Crippen LogP contribution < -0.4 is 0 Å². The van der Waals surface area contributed by atoms with E-state index in [1.807, 2.05) is 42.5 Å². The van der Waals surface area contributed by atoms with Crippen LogP contribution in [0.4, 0.5) is 0 Å². The summed E-state index contributed by atoms with van der Waals surface area (Å²) in [6.45, 7) is 0. The Morgan fingerprint density at radius 3 is 2.50 bits per heavy atom. The van der Waals surface area contributed by atoms with Gasteiger partial charge >= 0.3 is 5.97 Å². The molecule has 0 fully saturated rings. The van der Waals surface area contributed by atoms with E-state index in [-0.39, 0.29) is 5.70 Å². The monoisotopic (exact) mass is 333 g/mol. The number of hydrogen-bond donors (Lipinski definition) is 0. The number of esters is 1. The van der Waals surface area contributed by atoms with Crippen LogP contribution in [0.3, 0.4) is 0 Å². The normalized spacial score (nSPS) is 15.6. The van der Waals surface area contributed by atoms with E-state index < -0.39 is 5.97 Å². The van der Waals surface area contributed by atoms with Gasteiger partial charge in [0.2, 0.25) is 5.90 Å². The van der Waals surface area contributed by atoms with Gasteiger partial charge < -0.3 is 4.74 Å². The summed E-state index contributed by atoms with van der Waals surface area (Å²) < 4.78 is 5.28. The molecule has 0 saturated heterocycles. The van der Waals surface area contributed by atoms with Crippen LogP contribution in [-0.4, -0.2) is 11.9 Å². The van der Waals surface area contributed by atoms with Gasteiger partial charge in [0.1, 0.15) is 0 Å². The van der Waals surface area contributed by atoms with Crippen LogP contribution >= 0.6 is 11.6 Å². The number of cyclic esters (lactones) is 1. The van der Waals surface area contributed by atoms with Crippen LogP contribution in [0.1, 0.15) is 11.1 Å². The standard InChI is InChI=1S/C20H12ClNO2/c21-16-10-8-14(9-11-16)19-22-18(20(23)24-19)12-15-6-3-5-13-4-1-2-7-17(13)15/h1-12H/b18-12-. The molecule has 3 aromatic rings. The molecule has 3 aromatic carbocycles. The van der Waals surface area contributed by atoms with E-state index in [0.717, 1.165) is 16.3 Å². The lowest BCUT2D eigenvalue weighted by molar-refractivity contribution is -0.129. The predicted octanol–water partition coefficient (Wildman–Crippen LogP) is 4.84. The van der Waals surface area contributed by atoms with E-state index in [9.17, 15) is 4.79 Å². The lowest BCUT2D eigenvalue weighted by Crippen LogP contribution is -2.05. The molecule has 0 atom stereocenters. The maximum atomic E-state index is 12.1. The highest BCUT2D eigenvalue weighted by Crippen LogP contribution is 2.24. The van der Waals surface area contributed by atoms with Crippen molar-refractivity contribution in [3.63, 3.8) is 0 Å². The molecular formula is C20H12ClNO2. The Hall–Kier alpha value is -2.91. The van der Waals surface area contributed by atoms with Crippen molar-refractivity contribution in [1.82, 2.24) is 0 Å². The number of aliphatic imine (C=N–C) groups is 1. The highest BCUT2D eigenvalue weighted by molar-refractivity contribution is 6.30. The van der Waals surface area contributed by atoms with Crippen molar-refractivity contribution < 1.29 is 9.53 Å². The highest BCUT2D eigenvalue weighted by atomic mass is 35.5. The fraction of sp³-hybridized carbons (Fsp3) is 0. The molecule has 4 rings (SSSR count). The zero-order valence-corrected chi connectivity index (χ0v) is 13.3. The number of fused-ring (bicyclic) bond motifs is 1. The number of hydrogen-bond acceptors (Lipinski definition) is 3. The van der Waals surface area contributed by atoms with Crippen molar-refractivity contribution in [3.8, 4) is 0 Å². The number of nitrogens with zero attached hydrogens (tertiary/aromatic N) is 1. The largest absolute Gasteiger partial charge is 0.402 e. The van der Waals surface area contributed by atoms with Crippen LogP contribution in [0, 0.1) is 0 Å². The topological polar surface area (TPSA) is 38.7 Å². The van der Waals surface area contributed by atoms with Gasteiger partial charge in [-0.15, -0.1) is 0 Å². The lowest BCUT2D eigenvalue weighted by atomic mass is 10.0. The molecule has 1 aliphatic rings. The maximum absolute atomic E-state index is 12.1. The summed E-state index contributed by atoms with van der Waals surface area (Å²) in [6, 6.07) is 21.0. The predicted molar refractivity (Wildman–Crippen MR) is 96.0 cm³/mol. The average molecular weight is 334 g/mol. The van der Waals surface area contributed by atoms with Gasteiger partial charge in [0, 0.05) is 10.6 Å². The Balaban J connectivity index is 1.76. The van der Waals surface area contributed by atoms with Gasteiger partial charge in [0.15, 0.2) is 5.70 Å². The SMILES string of the molecule is O=C1OC(c2ccc(Cl)cc2)=N/C1=C\c1cccc2ccccc12. The zero-order chi connectivity index (χ0) is 16.5. The number of benzene rings is 3. The first-order valence-corrected chi connectivity index (χ1v) is 7.85. The summed E-state index contributed by atoms with van der Waals surface area (Å²) in [6.07, 6.45) is 1.76. The van der Waals surface area contributed by atoms with Gasteiger partial charge in [-0.2, -0.15) is 0 Å². The Bertz CT molecular complexity index is 998. The van der Waals surface area contributed by atoms with Gasteiger partial charge in [0.25, 0.3) is 0 Å². The molecular weight excluding hydrogens is 322 g/mol. The first-order chi connectivity index (χ1) is 11.7. The first-order valence-electron chi connectivity index (χ1n) is 7.47. The van der Waals surface area contributed by atoms with E-state index in [1.165, 1.54) is 0 Å². The smallest absolute Gasteiger partial charge is 0.363 e. The second kappa shape index (κ2) is 5.95. The first kappa shape index (κ1) is 14.7. The third kappa shape index (κ3) is 2.70. The minimum Gasteiger partial charge on any atom is -0.402 e. The van der Waals surface area contributed by atoms with Crippen LogP contribution in [0.25, 0.3) is 16.8 Å². The van der Waals surface area contributed by atoms with Crippen molar-refractivity contribution in [1.29, 1.82) is 0 Å². The van der Waals surface area contributed by atoms with Crippen molar-refractivity contribution >= 4 is 40.3 Å². The molecule has 116 valence electrons. The Kier molecular flexibility index (Phi) is 3.63. The van der Waals surface area contributed by atoms with Crippen LogP contribution in [-0.2, 0) is 9.53 Å². The van der Waals surface area contributed by atoms with Crippen LogP contribution in [0.2, 0.25) is 5.02 Å². The fourth-order valence-corrected chi connectivity index (χ4v) is 2.77. The summed E-state index contributed by atoms with van der Waals surface area (Å²) in [5.41, 5.74) is 1.94. The lowest BCUT2D eigenvalue weighted by Gasteiger charge is -2.01. The molecule has 0 radical (unpaired) electrons. The molecule has 1 aliphatic heterocycles. The van der Waals surface area contributed by atoms with Gasteiger partial charge in [0.05, 0.1) is 0 Å². The number of ether oxygens (including phenoxy) is 1. The van der Waals surface area contributed by atoms with E-state index in [0.29, 0.717) is 16.5 Å². The van der Waals surface area contributed by atoms with Crippen molar-refractivity contribution in [3.05, 3.63) is 88.6 Å². The van der Waals surface area contributed by atoms with E-state index in [1.54, 1.807) is 30.3 Å². The molecule has 0 saturated carbocycles. The van der Waals surface area contributed by atoms with E-state index >= 15 is 0 Å². The molecule has 0 aromatic heterocycles. The molecule has 0 unspecified atom stereocenters. The minimum atomic E-state index is -0.451. The number of halogens is 1. The third-order valence-corrected chi connectivity index (χ3v) is 4.08. The summed E-state index contributed by atoms with van der Waals surface area (Å²) in [4.78, 5) is 16.5. The van der Waals surface area contributed by atoms with Gasteiger partial charge in [-0.3, -0.25) is 0 Å². The quantitative estimate of drug-likeness (QED) is 0.497. The second-order valence-corrected chi connectivity index (χ2v) is 5.85. The molecule has 24 heavy (non-hydrogen) atoms. The van der Waals surface area contributed by atoms with Crippen LogP contribution in [0.5, 0.6) is 0 Å². The Morgan fingerprint density at radius 2 is 1.67 bits per heavy atom. The molecule has 0 aliphatic carbocycles.